The molecule has 2 N–H and O–H groups in total. The zero-order chi connectivity index (χ0) is 30.2. The Balaban J connectivity index is 1.41. The predicted molar refractivity (Wildman–Crippen MR) is 151 cm³/mol. The molecule has 1 unspecified atom stereocenters. The molecule has 2 amide bonds. The molecular weight excluding hydrogens is 544 g/mol. The highest BCUT2D eigenvalue weighted by atomic mass is 16.6. The Bertz CT molecular complexity index is 1250. The first-order valence-electron chi connectivity index (χ1n) is 13.7. The van der Waals surface area contributed by atoms with E-state index in [2.05, 4.69) is 26.2 Å². The number of benzene rings is 2. The fraction of sp³-hybridized carbons (Fsp3) is 0.448. The Hall–Kier alpha value is -4.52. The minimum Gasteiger partial charge on any atom is -0.462 e. The van der Waals surface area contributed by atoms with E-state index in [0.29, 0.717) is 37.4 Å². The fourth-order valence-corrected chi connectivity index (χ4v) is 3.64. The summed E-state index contributed by atoms with van der Waals surface area (Å²) in [7, 11) is 0. The molecule has 13 heteroatoms. The highest BCUT2D eigenvalue weighted by Gasteiger charge is 2.25. The van der Waals surface area contributed by atoms with E-state index in [9.17, 15) is 14.4 Å². The molecule has 1 aromatic heterocycles. The number of hydrogen-bond acceptors (Lipinski definition) is 10. The number of aromatic nitrogens is 4. The van der Waals surface area contributed by atoms with Crippen LogP contribution in [0.1, 0.15) is 61.4 Å². The van der Waals surface area contributed by atoms with Gasteiger partial charge in [-0.3, -0.25) is 0 Å². The average molecular weight is 583 g/mol. The van der Waals surface area contributed by atoms with Crippen molar-refractivity contribution in [2.45, 2.75) is 58.4 Å². The first-order valence-corrected chi connectivity index (χ1v) is 13.7. The Morgan fingerprint density at radius 2 is 1.62 bits per heavy atom. The summed E-state index contributed by atoms with van der Waals surface area (Å²) in [4.78, 5) is 36.5. The summed E-state index contributed by atoms with van der Waals surface area (Å²) in [6.07, 6.45) is -0.0445. The lowest BCUT2D eigenvalue weighted by Gasteiger charge is -2.23. The molecule has 1 atom stereocenters. The third kappa shape index (κ3) is 11.9. The van der Waals surface area contributed by atoms with Gasteiger partial charge in [0.2, 0.25) is 0 Å². The van der Waals surface area contributed by atoms with E-state index < -0.39 is 23.8 Å². The molecule has 0 bridgehead atoms. The number of unbranched alkanes of at least 4 members (excludes halogenated alkanes) is 1. The van der Waals surface area contributed by atoms with Gasteiger partial charge in [-0.05, 0) is 61.7 Å². The van der Waals surface area contributed by atoms with Gasteiger partial charge in [0, 0.05) is 6.54 Å². The van der Waals surface area contributed by atoms with Crippen LogP contribution in [0.2, 0.25) is 0 Å². The van der Waals surface area contributed by atoms with E-state index in [1.54, 1.807) is 45.0 Å². The monoisotopic (exact) mass is 582 g/mol. The third-order valence-corrected chi connectivity index (χ3v) is 5.58. The minimum absolute atomic E-state index is 0.0113. The van der Waals surface area contributed by atoms with Gasteiger partial charge in [0.25, 0.3) is 0 Å². The summed E-state index contributed by atoms with van der Waals surface area (Å²) in [5, 5.41) is 17.2. The number of hydrogen-bond donors (Lipinski definition) is 2. The second kappa shape index (κ2) is 16.7. The van der Waals surface area contributed by atoms with Crippen LogP contribution in [0.3, 0.4) is 0 Å². The second-order valence-corrected chi connectivity index (χ2v) is 10.2. The van der Waals surface area contributed by atoms with Gasteiger partial charge in [0.1, 0.15) is 18.2 Å². The van der Waals surface area contributed by atoms with Crippen LogP contribution in [-0.4, -0.2) is 70.3 Å². The molecule has 0 spiro atoms. The van der Waals surface area contributed by atoms with E-state index >= 15 is 0 Å². The molecule has 0 aliphatic heterocycles. The predicted octanol–water partition coefficient (Wildman–Crippen LogP) is 3.82. The largest absolute Gasteiger partial charge is 0.462 e. The van der Waals surface area contributed by atoms with E-state index in [0.717, 1.165) is 5.56 Å². The third-order valence-electron chi connectivity index (χ3n) is 5.58. The van der Waals surface area contributed by atoms with Gasteiger partial charge in [-0.15, -0.1) is 5.10 Å². The SMILES string of the molecule is CC(C)(C)OC(=O)NC(COCc1ccccc1)c1nnnn1CCOC(=O)NCCCCOC(=O)c1ccccc1. The maximum absolute atomic E-state index is 12.5. The highest BCUT2D eigenvalue weighted by Crippen LogP contribution is 2.14. The molecule has 42 heavy (non-hydrogen) atoms. The number of tetrazole rings is 1. The number of alkyl carbamates (subject to hydrolysis) is 2. The van der Waals surface area contributed by atoms with Gasteiger partial charge in [-0.25, -0.2) is 19.1 Å². The van der Waals surface area contributed by atoms with Crippen LogP contribution in [0.4, 0.5) is 9.59 Å². The van der Waals surface area contributed by atoms with Crippen molar-refractivity contribution in [2.24, 2.45) is 0 Å². The number of nitrogens with zero attached hydrogens (tertiary/aromatic N) is 4. The van der Waals surface area contributed by atoms with Crippen LogP contribution in [0.5, 0.6) is 0 Å². The molecule has 2 aromatic carbocycles. The Morgan fingerprint density at radius 1 is 0.905 bits per heavy atom. The normalized spacial score (nSPS) is 11.8. The van der Waals surface area contributed by atoms with E-state index in [-0.39, 0.29) is 32.3 Å². The number of esters is 1. The van der Waals surface area contributed by atoms with Gasteiger partial charge < -0.3 is 29.6 Å². The van der Waals surface area contributed by atoms with Gasteiger partial charge >= 0.3 is 18.2 Å². The second-order valence-electron chi connectivity index (χ2n) is 10.2. The molecule has 0 saturated heterocycles. The summed E-state index contributed by atoms with van der Waals surface area (Å²) in [6.45, 7) is 6.45. The summed E-state index contributed by atoms with van der Waals surface area (Å²) in [5.41, 5.74) is 0.775. The minimum atomic E-state index is -0.719. The lowest BCUT2D eigenvalue weighted by Crippen LogP contribution is -2.38. The molecule has 0 radical (unpaired) electrons. The topological polar surface area (TPSA) is 156 Å². The van der Waals surface area contributed by atoms with Crippen LogP contribution in [-0.2, 0) is 32.1 Å². The molecule has 1 heterocycles. The summed E-state index contributed by atoms with van der Waals surface area (Å²) < 4.78 is 23.1. The number of carbonyl (C=O) groups excluding carboxylic acids is 3. The molecule has 226 valence electrons. The molecule has 3 rings (SSSR count). The number of amides is 2. The summed E-state index contributed by atoms with van der Waals surface area (Å²) in [5.74, 6) is -0.0563. The Morgan fingerprint density at radius 3 is 2.33 bits per heavy atom. The van der Waals surface area contributed by atoms with Crippen molar-refractivity contribution in [2.75, 3.05) is 26.4 Å². The summed E-state index contributed by atoms with van der Waals surface area (Å²) in [6, 6.07) is 17.6. The van der Waals surface area contributed by atoms with Crippen LogP contribution >= 0.6 is 0 Å². The molecular formula is C29H38N6O7. The molecule has 13 nitrogen and oxygen atoms in total. The number of carbonyl (C=O) groups is 3. The molecule has 0 fully saturated rings. The Kier molecular flexibility index (Phi) is 12.7. The van der Waals surface area contributed by atoms with Crippen molar-refractivity contribution < 1.29 is 33.3 Å². The van der Waals surface area contributed by atoms with Crippen molar-refractivity contribution in [3.8, 4) is 0 Å². The van der Waals surface area contributed by atoms with Crippen molar-refractivity contribution in [3.05, 3.63) is 77.6 Å². The fourth-order valence-electron chi connectivity index (χ4n) is 3.64. The molecule has 0 saturated carbocycles. The van der Waals surface area contributed by atoms with Gasteiger partial charge in [-0.2, -0.15) is 0 Å². The quantitative estimate of drug-likeness (QED) is 0.153. The zero-order valence-electron chi connectivity index (χ0n) is 24.2. The van der Waals surface area contributed by atoms with Gasteiger partial charge in [-0.1, -0.05) is 48.5 Å². The van der Waals surface area contributed by atoms with E-state index in [1.807, 2.05) is 36.4 Å². The molecule has 0 aliphatic carbocycles. The van der Waals surface area contributed by atoms with Gasteiger partial charge in [0.15, 0.2) is 5.82 Å². The van der Waals surface area contributed by atoms with E-state index in [4.69, 9.17) is 18.9 Å². The standard InChI is InChI=1S/C29H38N6O7/c1-29(2,3)42-28(38)31-24(21-39-20-22-12-6-4-7-13-22)25-32-33-34-35(25)17-19-41-27(37)30-16-10-11-18-40-26(36)23-14-8-5-9-15-23/h4-9,12-15,24H,10-11,16-21H2,1-3H3,(H,30,37)(H,31,38). The van der Waals surface area contributed by atoms with Crippen LogP contribution in [0.15, 0.2) is 60.7 Å². The number of ether oxygens (including phenoxy) is 4. The van der Waals surface area contributed by atoms with Crippen molar-refractivity contribution in [1.29, 1.82) is 0 Å². The number of rotatable bonds is 15. The zero-order valence-corrected chi connectivity index (χ0v) is 24.2. The van der Waals surface area contributed by atoms with Crippen LogP contribution in [0.25, 0.3) is 0 Å². The average Bonchev–Trinajstić information content (AvgIpc) is 3.42. The smallest absolute Gasteiger partial charge is 0.408 e. The molecule has 3 aromatic rings. The lowest BCUT2D eigenvalue weighted by atomic mass is 10.2. The maximum Gasteiger partial charge on any atom is 0.408 e. The maximum atomic E-state index is 12.5. The van der Waals surface area contributed by atoms with E-state index in [1.165, 1.54) is 4.68 Å². The first-order chi connectivity index (χ1) is 20.2. The Labute approximate surface area is 244 Å². The van der Waals surface area contributed by atoms with Crippen LogP contribution in [0, 0.1) is 0 Å². The van der Waals surface area contributed by atoms with Crippen LogP contribution < -0.4 is 10.6 Å². The lowest BCUT2D eigenvalue weighted by molar-refractivity contribution is 0.0415. The highest BCUT2D eigenvalue weighted by molar-refractivity contribution is 5.89. The summed E-state index contributed by atoms with van der Waals surface area (Å²) >= 11 is 0. The molecule has 0 aliphatic rings. The number of nitrogens with one attached hydrogen (secondary N) is 2. The van der Waals surface area contributed by atoms with Crippen molar-refractivity contribution in [3.63, 3.8) is 0 Å². The van der Waals surface area contributed by atoms with Crippen molar-refractivity contribution >= 4 is 18.2 Å². The first kappa shape index (κ1) is 32.0. The van der Waals surface area contributed by atoms with Gasteiger partial charge in [0.05, 0.1) is 31.9 Å². The van der Waals surface area contributed by atoms with Crippen molar-refractivity contribution in [1.82, 2.24) is 30.8 Å².